The molecule has 19 heavy (non-hydrogen) atoms. The molecule has 1 unspecified atom stereocenters. The van der Waals surface area contributed by atoms with Crippen molar-refractivity contribution in [3.05, 3.63) is 35.1 Å². The number of rotatable bonds is 5. The smallest absolute Gasteiger partial charge is 0.134 e. The van der Waals surface area contributed by atoms with Crippen LogP contribution in [0.15, 0.2) is 22.6 Å². The molecule has 0 radical (unpaired) electrons. The van der Waals surface area contributed by atoms with E-state index in [-0.39, 0.29) is 0 Å². The fourth-order valence-corrected chi connectivity index (χ4v) is 2.56. The standard InChI is InChI=1S/C17H25NO/c1-5-12(4)13-6-7-16-15(9-13)14(8-11(2)3)17(10-18)19-16/h6-7,9,11-12H,5,8,10,18H2,1-4H3. The van der Waals surface area contributed by atoms with Crippen molar-refractivity contribution in [2.45, 2.75) is 53.0 Å². The Balaban J connectivity index is 2.55. The molecule has 1 heterocycles. The van der Waals surface area contributed by atoms with Crippen LogP contribution >= 0.6 is 0 Å². The molecule has 0 spiro atoms. The Morgan fingerprint density at radius 1 is 1.21 bits per heavy atom. The van der Waals surface area contributed by atoms with Crippen LogP contribution in [0.4, 0.5) is 0 Å². The molecule has 0 amide bonds. The first-order valence-electron chi connectivity index (χ1n) is 7.31. The van der Waals surface area contributed by atoms with E-state index in [0.29, 0.717) is 18.4 Å². The highest BCUT2D eigenvalue weighted by Gasteiger charge is 2.15. The fourth-order valence-electron chi connectivity index (χ4n) is 2.56. The zero-order valence-corrected chi connectivity index (χ0v) is 12.5. The van der Waals surface area contributed by atoms with E-state index >= 15 is 0 Å². The van der Waals surface area contributed by atoms with E-state index in [1.807, 2.05) is 0 Å². The number of hydrogen-bond donors (Lipinski definition) is 1. The SMILES string of the molecule is CCC(C)c1ccc2oc(CN)c(CC(C)C)c2c1. The molecule has 0 aliphatic heterocycles. The van der Waals surface area contributed by atoms with Crippen molar-refractivity contribution in [3.63, 3.8) is 0 Å². The molecule has 2 N–H and O–H groups in total. The Kier molecular flexibility index (Phi) is 4.31. The zero-order valence-electron chi connectivity index (χ0n) is 12.5. The van der Waals surface area contributed by atoms with Crippen LogP contribution in [0, 0.1) is 5.92 Å². The highest BCUT2D eigenvalue weighted by molar-refractivity contribution is 5.83. The molecular formula is C17H25NO. The molecule has 0 bridgehead atoms. The van der Waals surface area contributed by atoms with Crippen LogP contribution in [-0.4, -0.2) is 0 Å². The summed E-state index contributed by atoms with van der Waals surface area (Å²) < 4.78 is 5.89. The van der Waals surface area contributed by atoms with Crippen LogP contribution in [0.2, 0.25) is 0 Å². The fraction of sp³-hybridized carbons (Fsp3) is 0.529. The predicted octanol–water partition coefficient (Wildman–Crippen LogP) is 4.60. The van der Waals surface area contributed by atoms with Crippen molar-refractivity contribution < 1.29 is 4.42 Å². The van der Waals surface area contributed by atoms with Crippen molar-refractivity contribution in [1.29, 1.82) is 0 Å². The number of nitrogens with two attached hydrogens (primary N) is 1. The summed E-state index contributed by atoms with van der Waals surface area (Å²) in [6, 6.07) is 6.57. The molecule has 1 aromatic carbocycles. The van der Waals surface area contributed by atoms with Crippen LogP contribution in [0.25, 0.3) is 11.0 Å². The Morgan fingerprint density at radius 3 is 2.53 bits per heavy atom. The summed E-state index contributed by atoms with van der Waals surface area (Å²) in [5.74, 6) is 2.15. The predicted molar refractivity (Wildman–Crippen MR) is 81.4 cm³/mol. The maximum absolute atomic E-state index is 5.89. The second-order valence-corrected chi connectivity index (χ2v) is 5.87. The monoisotopic (exact) mass is 259 g/mol. The molecule has 2 aromatic rings. The lowest BCUT2D eigenvalue weighted by Gasteiger charge is -2.09. The Morgan fingerprint density at radius 2 is 1.95 bits per heavy atom. The highest BCUT2D eigenvalue weighted by Crippen LogP contribution is 2.31. The number of benzene rings is 1. The molecule has 0 aliphatic rings. The average molecular weight is 259 g/mol. The van der Waals surface area contributed by atoms with E-state index in [9.17, 15) is 0 Å². The van der Waals surface area contributed by atoms with Gasteiger partial charge in [0.15, 0.2) is 0 Å². The first kappa shape index (κ1) is 14.1. The minimum atomic E-state index is 0.482. The summed E-state index contributed by atoms with van der Waals surface area (Å²) in [6.45, 7) is 9.45. The first-order chi connectivity index (χ1) is 9.06. The summed E-state index contributed by atoms with van der Waals surface area (Å²) in [5, 5.41) is 1.26. The minimum absolute atomic E-state index is 0.482. The summed E-state index contributed by atoms with van der Waals surface area (Å²) >= 11 is 0. The van der Waals surface area contributed by atoms with Gasteiger partial charge < -0.3 is 10.2 Å². The highest BCUT2D eigenvalue weighted by atomic mass is 16.3. The summed E-state index contributed by atoms with van der Waals surface area (Å²) in [7, 11) is 0. The van der Waals surface area contributed by atoms with Gasteiger partial charge in [-0.25, -0.2) is 0 Å². The van der Waals surface area contributed by atoms with Crippen LogP contribution in [0.5, 0.6) is 0 Å². The molecule has 104 valence electrons. The van der Waals surface area contributed by atoms with Gasteiger partial charge in [-0.3, -0.25) is 0 Å². The van der Waals surface area contributed by atoms with E-state index in [2.05, 4.69) is 45.9 Å². The lowest BCUT2D eigenvalue weighted by Crippen LogP contribution is -2.01. The third kappa shape index (κ3) is 2.84. The average Bonchev–Trinajstić information content (AvgIpc) is 2.74. The van der Waals surface area contributed by atoms with Crippen molar-refractivity contribution in [2.24, 2.45) is 11.7 Å². The van der Waals surface area contributed by atoms with Gasteiger partial charge in [0.1, 0.15) is 11.3 Å². The molecule has 0 saturated heterocycles. The Labute approximate surface area is 116 Å². The molecular weight excluding hydrogens is 234 g/mol. The van der Waals surface area contributed by atoms with Gasteiger partial charge in [-0.15, -0.1) is 0 Å². The van der Waals surface area contributed by atoms with Crippen LogP contribution in [0.1, 0.15) is 56.9 Å². The largest absolute Gasteiger partial charge is 0.459 e. The maximum atomic E-state index is 5.89. The third-order valence-electron chi connectivity index (χ3n) is 3.88. The van der Waals surface area contributed by atoms with E-state index < -0.39 is 0 Å². The van der Waals surface area contributed by atoms with Crippen LogP contribution < -0.4 is 5.73 Å². The van der Waals surface area contributed by atoms with Gasteiger partial charge in [-0.05, 0) is 42.4 Å². The Hall–Kier alpha value is -1.28. The molecule has 0 aliphatic carbocycles. The maximum Gasteiger partial charge on any atom is 0.134 e. The lowest BCUT2D eigenvalue weighted by atomic mass is 9.94. The van der Waals surface area contributed by atoms with Crippen LogP contribution in [0.3, 0.4) is 0 Å². The van der Waals surface area contributed by atoms with Crippen molar-refractivity contribution in [3.8, 4) is 0 Å². The van der Waals surface area contributed by atoms with Gasteiger partial charge in [0.25, 0.3) is 0 Å². The molecule has 1 aromatic heterocycles. The quantitative estimate of drug-likeness (QED) is 0.852. The van der Waals surface area contributed by atoms with Gasteiger partial charge in [-0.2, -0.15) is 0 Å². The molecule has 0 saturated carbocycles. The van der Waals surface area contributed by atoms with E-state index in [1.165, 1.54) is 16.5 Å². The van der Waals surface area contributed by atoms with E-state index in [1.54, 1.807) is 0 Å². The topological polar surface area (TPSA) is 39.2 Å². The third-order valence-corrected chi connectivity index (χ3v) is 3.88. The zero-order chi connectivity index (χ0) is 14.0. The normalized spacial score (nSPS) is 13.4. The summed E-state index contributed by atoms with van der Waals surface area (Å²) in [4.78, 5) is 0. The van der Waals surface area contributed by atoms with Crippen molar-refractivity contribution in [2.75, 3.05) is 0 Å². The van der Waals surface area contributed by atoms with Gasteiger partial charge in [-0.1, -0.05) is 33.8 Å². The van der Waals surface area contributed by atoms with Gasteiger partial charge in [0, 0.05) is 10.9 Å². The van der Waals surface area contributed by atoms with Gasteiger partial charge >= 0.3 is 0 Å². The molecule has 2 rings (SSSR count). The lowest BCUT2D eigenvalue weighted by molar-refractivity contribution is 0.535. The second kappa shape index (κ2) is 5.79. The molecule has 2 heteroatoms. The number of hydrogen-bond acceptors (Lipinski definition) is 2. The van der Waals surface area contributed by atoms with E-state index in [4.69, 9.17) is 10.2 Å². The first-order valence-corrected chi connectivity index (χ1v) is 7.31. The molecule has 0 fully saturated rings. The summed E-state index contributed by atoms with van der Waals surface area (Å²) in [5.41, 5.74) is 9.49. The van der Waals surface area contributed by atoms with Crippen molar-refractivity contribution in [1.82, 2.24) is 0 Å². The van der Waals surface area contributed by atoms with Gasteiger partial charge in [0.2, 0.25) is 0 Å². The minimum Gasteiger partial charge on any atom is -0.459 e. The number of fused-ring (bicyclic) bond motifs is 1. The summed E-state index contributed by atoms with van der Waals surface area (Å²) in [6.07, 6.45) is 2.19. The molecule has 2 nitrogen and oxygen atoms in total. The number of furan rings is 1. The molecule has 1 atom stereocenters. The van der Waals surface area contributed by atoms with Gasteiger partial charge in [0.05, 0.1) is 6.54 Å². The van der Waals surface area contributed by atoms with E-state index in [0.717, 1.165) is 24.2 Å². The second-order valence-electron chi connectivity index (χ2n) is 5.87. The van der Waals surface area contributed by atoms with Crippen LogP contribution in [-0.2, 0) is 13.0 Å². The Bertz CT molecular complexity index is 554. The van der Waals surface area contributed by atoms with Crippen molar-refractivity contribution >= 4 is 11.0 Å².